The molecule has 1 saturated heterocycles. The highest BCUT2D eigenvalue weighted by atomic mass is 16.3. The lowest BCUT2D eigenvalue weighted by Gasteiger charge is -2.33. The molecule has 0 aliphatic carbocycles. The highest BCUT2D eigenvalue weighted by Gasteiger charge is 2.22. The highest BCUT2D eigenvalue weighted by molar-refractivity contribution is 5.81. The zero-order chi connectivity index (χ0) is 14.3. The Morgan fingerprint density at radius 2 is 2.30 bits per heavy atom. The van der Waals surface area contributed by atoms with E-state index in [1.165, 1.54) is 0 Å². The number of aliphatic hydroxyl groups is 1. The fraction of sp³-hybridized carbons (Fsp3) is 0.533. The number of rotatable bonds is 2. The third-order valence-electron chi connectivity index (χ3n) is 4.04. The Hall–Kier alpha value is -1.59. The van der Waals surface area contributed by atoms with Gasteiger partial charge in [-0.1, -0.05) is 0 Å². The van der Waals surface area contributed by atoms with Crippen molar-refractivity contribution in [3.05, 3.63) is 24.0 Å². The number of fused-ring (bicyclic) bond motifs is 1. The third-order valence-corrected chi connectivity index (χ3v) is 4.04. The molecule has 0 saturated carbocycles. The molecule has 3 heterocycles. The number of aromatic nitrogens is 2. The molecule has 20 heavy (non-hydrogen) atoms. The van der Waals surface area contributed by atoms with Gasteiger partial charge < -0.3 is 20.3 Å². The number of nitrogens with two attached hydrogens (primary N) is 1. The summed E-state index contributed by atoms with van der Waals surface area (Å²) in [5, 5.41) is 9.90. The number of nitrogens with zero attached hydrogens (tertiary/aromatic N) is 3. The first-order valence-corrected chi connectivity index (χ1v) is 7.21. The third kappa shape index (κ3) is 2.27. The first kappa shape index (κ1) is 13.4. The second-order valence-corrected chi connectivity index (χ2v) is 5.75. The van der Waals surface area contributed by atoms with Crippen molar-refractivity contribution in [1.82, 2.24) is 9.55 Å². The zero-order valence-corrected chi connectivity index (χ0v) is 12.1. The first-order valence-electron chi connectivity index (χ1n) is 7.21. The van der Waals surface area contributed by atoms with Gasteiger partial charge in [0.15, 0.2) is 0 Å². The SMILES string of the molecule is CC(N)c1nc2ccn(C)c2cc1N1CCCC(O)C1. The van der Waals surface area contributed by atoms with Gasteiger partial charge in [0.25, 0.3) is 0 Å². The maximum atomic E-state index is 9.90. The van der Waals surface area contributed by atoms with Crippen LogP contribution in [-0.2, 0) is 7.05 Å². The Kier molecular flexibility index (Phi) is 3.40. The van der Waals surface area contributed by atoms with Gasteiger partial charge in [-0.2, -0.15) is 0 Å². The molecule has 3 rings (SSSR count). The molecule has 1 fully saturated rings. The summed E-state index contributed by atoms with van der Waals surface area (Å²) in [6.45, 7) is 3.58. The van der Waals surface area contributed by atoms with Crippen LogP contribution in [0.1, 0.15) is 31.5 Å². The van der Waals surface area contributed by atoms with Gasteiger partial charge in [-0.3, -0.25) is 0 Å². The summed E-state index contributed by atoms with van der Waals surface area (Å²) >= 11 is 0. The minimum atomic E-state index is -0.256. The molecule has 3 N–H and O–H groups in total. The number of hydrogen-bond acceptors (Lipinski definition) is 4. The Morgan fingerprint density at radius 1 is 1.50 bits per heavy atom. The van der Waals surface area contributed by atoms with Gasteiger partial charge in [-0.25, -0.2) is 4.98 Å². The predicted molar refractivity (Wildman–Crippen MR) is 80.8 cm³/mol. The summed E-state index contributed by atoms with van der Waals surface area (Å²) in [5.41, 5.74) is 10.1. The Labute approximate surface area is 119 Å². The van der Waals surface area contributed by atoms with Gasteiger partial charge in [0.05, 0.1) is 28.5 Å². The molecular formula is C15H22N4O. The molecule has 1 aliphatic rings. The van der Waals surface area contributed by atoms with Gasteiger partial charge >= 0.3 is 0 Å². The second-order valence-electron chi connectivity index (χ2n) is 5.75. The van der Waals surface area contributed by atoms with Crippen LogP contribution in [0.25, 0.3) is 11.0 Å². The second kappa shape index (κ2) is 5.07. The number of aliphatic hydroxyl groups excluding tert-OH is 1. The molecule has 5 nitrogen and oxygen atoms in total. The fourth-order valence-corrected chi connectivity index (χ4v) is 2.95. The van der Waals surface area contributed by atoms with Crippen LogP contribution in [0.15, 0.2) is 18.3 Å². The van der Waals surface area contributed by atoms with E-state index in [1.807, 2.05) is 26.2 Å². The van der Waals surface area contributed by atoms with Crippen LogP contribution in [0.3, 0.4) is 0 Å². The van der Waals surface area contributed by atoms with Crippen LogP contribution in [0.5, 0.6) is 0 Å². The topological polar surface area (TPSA) is 67.3 Å². The number of aryl methyl sites for hydroxylation is 1. The molecule has 2 atom stereocenters. The monoisotopic (exact) mass is 274 g/mol. The predicted octanol–water partition coefficient (Wildman–Crippen LogP) is 1.55. The van der Waals surface area contributed by atoms with E-state index in [9.17, 15) is 5.11 Å². The maximum Gasteiger partial charge on any atom is 0.0886 e. The Bertz CT molecular complexity index is 620. The molecule has 2 unspecified atom stereocenters. The van der Waals surface area contributed by atoms with Crippen molar-refractivity contribution in [1.29, 1.82) is 0 Å². The molecule has 2 aromatic rings. The van der Waals surface area contributed by atoms with E-state index in [-0.39, 0.29) is 12.1 Å². The Balaban J connectivity index is 2.10. The van der Waals surface area contributed by atoms with Crippen LogP contribution in [0.4, 0.5) is 5.69 Å². The van der Waals surface area contributed by atoms with Gasteiger partial charge in [0.2, 0.25) is 0 Å². The Morgan fingerprint density at radius 3 is 3.00 bits per heavy atom. The standard InChI is InChI=1S/C15H22N4O/c1-10(16)15-14(19-6-3-4-11(20)9-19)8-13-12(17-15)5-7-18(13)2/h5,7-8,10-11,20H,3-4,6,9,16H2,1-2H3. The van der Waals surface area contributed by atoms with Crippen LogP contribution in [0.2, 0.25) is 0 Å². The number of piperidine rings is 1. The van der Waals surface area contributed by atoms with Crippen molar-refractivity contribution in [2.24, 2.45) is 12.8 Å². The van der Waals surface area contributed by atoms with Gasteiger partial charge in [0, 0.05) is 32.4 Å². The van der Waals surface area contributed by atoms with E-state index >= 15 is 0 Å². The minimum absolute atomic E-state index is 0.117. The molecule has 108 valence electrons. The van der Waals surface area contributed by atoms with Crippen molar-refractivity contribution in [2.75, 3.05) is 18.0 Å². The minimum Gasteiger partial charge on any atom is -0.391 e. The summed E-state index contributed by atoms with van der Waals surface area (Å²) in [6, 6.07) is 4.04. The molecule has 1 aliphatic heterocycles. The zero-order valence-electron chi connectivity index (χ0n) is 12.1. The van der Waals surface area contributed by atoms with Crippen LogP contribution in [0, 0.1) is 0 Å². The number of anilines is 1. The molecule has 0 spiro atoms. The molecular weight excluding hydrogens is 252 g/mol. The number of β-amino-alcohol motifs (C(OH)–C–C–N with tert-alkyl or cyclic N) is 1. The van der Waals surface area contributed by atoms with E-state index in [4.69, 9.17) is 10.7 Å². The fourth-order valence-electron chi connectivity index (χ4n) is 2.95. The lowest BCUT2D eigenvalue weighted by molar-refractivity contribution is 0.154. The van der Waals surface area contributed by atoms with E-state index in [0.29, 0.717) is 6.54 Å². The van der Waals surface area contributed by atoms with Crippen LogP contribution < -0.4 is 10.6 Å². The van der Waals surface area contributed by atoms with E-state index in [1.54, 1.807) is 0 Å². The van der Waals surface area contributed by atoms with Crippen molar-refractivity contribution < 1.29 is 5.11 Å². The number of hydrogen-bond donors (Lipinski definition) is 2. The summed E-state index contributed by atoms with van der Waals surface area (Å²) in [5.74, 6) is 0. The van der Waals surface area contributed by atoms with Gasteiger partial charge in [-0.05, 0) is 31.9 Å². The highest BCUT2D eigenvalue weighted by Crippen LogP contribution is 2.30. The molecule has 0 bridgehead atoms. The molecule has 0 radical (unpaired) electrons. The van der Waals surface area contributed by atoms with Crippen LogP contribution in [-0.4, -0.2) is 33.9 Å². The van der Waals surface area contributed by atoms with Crippen molar-refractivity contribution in [3.8, 4) is 0 Å². The summed E-state index contributed by atoms with van der Waals surface area (Å²) < 4.78 is 2.07. The largest absolute Gasteiger partial charge is 0.391 e. The molecule has 0 aromatic carbocycles. The average Bonchev–Trinajstić information content (AvgIpc) is 2.78. The summed E-state index contributed by atoms with van der Waals surface area (Å²) in [6.07, 6.45) is 3.64. The molecule has 2 aromatic heterocycles. The lowest BCUT2D eigenvalue weighted by atomic mass is 10.1. The average molecular weight is 274 g/mol. The van der Waals surface area contributed by atoms with Crippen molar-refractivity contribution >= 4 is 16.7 Å². The lowest BCUT2D eigenvalue weighted by Crippen LogP contribution is -2.39. The quantitative estimate of drug-likeness (QED) is 0.872. The van der Waals surface area contributed by atoms with Crippen molar-refractivity contribution in [2.45, 2.75) is 31.9 Å². The van der Waals surface area contributed by atoms with E-state index in [0.717, 1.165) is 41.8 Å². The van der Waals surface area contributed by atoms with Crippen molar-refractivity contribution in [3.63, 3.8) is 0 Å². The molecule has 5 heteroatoms. The normalized spacial score (nSPS) is 21.4. The van der Waals surface area contributed by atoms with E-state index in [2.05, 4.69) is 15.5 Å². The van der Waals surface area contributed by atoms with Gasteiger partial charge in [-0.15, -0.1) is 0 Å². The van der Waals surface area contributed by atoms with E-state index < -0.39 is 0 Å². The molecule has 0 amide bonds. The smallest absolute Gasteiger partial charge is 0.0886 e. The first-order chi connectivity index (χ1) is 9.56. The maximum absolute atomic E-state index is 9.90. The van der Waals surface area contributed by atoms with Gasteiger partial charge in [0.1, 0.15) is 0 Å². The summed E-state index contributed by atoms with van der Waals surface area (Å²) in [4.78, 5) is 6.94. The van der Waals surface area contributed by atoms with Crippen LogP contribution >= 0.6 is 0 Å². The summed E-state index contributed by atoms with van der Waals surface area (Å²) in [7, 11) is 2.02. The number of pyridine rings is 1.